The zero-order chi connectivity index (χ0) is 19.2. The molecule has 0 spiro atoms. The lowest BCUT2D eigenvalue weighted by atomic mass is 10.1. The number of benzene rings is 2. The van der Waals surface area contributed by atoms with Crippen molar-refractivity contribution in [1.82, 2.24) is 14.6 Å². The van der Waals surface area contributed by atoms with Crippen LogP contribution in [-0.2, 0) is 10.0 Å². The molecule has 5 nitrogen and oxygen atoms in total. The molecule has 2 heterocycles. The Morgan fingerprint density at radius 2 is 1.70 bits per heavy atom. The lowest BCUT2D eigenvalue weighted by molar-refractivity contribution is 0.263. The third-order valence-corrected chi connectivity index (χ3v) is 6.82. The molecular formula is C20H22FN3O2S. The highest BCUT2D eigenvalue weighted by molar-refractivity contribution is 7.89. The first-order valence-electron chi connectivity index (χ1n) is 8.98. The van der Waals surface area contributed by atoms with Gasteiger partial charge in [0.2, 0.25) is 10.0 Å². The molecule has 27 heavy (non-hydrogen) atoms. The fourth-order valence-corrected chi connectivity index (χ4v) is 5.38. The van der Waals surface area contributed by atoms with Crippen molar-refractivity contribution in [3.05, 3.63) is 54.5 Å². The molecule has 3 aromatic rings. The SMILES string of the molecule is C[C@H]1CN(S(=O)(=O)c2ccc(-c3c[nH]c4cc(F)ccc34)cc2)C[C@H](C)N1. The van der Waals surface area contributed by atoms with Crippen LogP contribution in [0.4, 0.5) is 4.39 Å². The fourth-order valence-electron chi connectivity index (χ4n) is 3.77. The van der Waals surface area contributed by atoms with Gasteiger partial charge in [0.15, 0.2) is 0 Å². The smallest absolute Gasteiger partial charge is 0.243 e. The molecule has 7 heteroatoms. The number of fused-ring (bicyclic) bond motifs is 1. The molecule has 1 saturated heterocycles. The molecule has 1 aliphatic rings. The average molecular weight is 387 g/mol. The van der Waals surface area contributed by atoms with Gasteiger partial charge in [-0.2, -0.15) is 4.31 Å². The Bertz CT molecular complexity index is 1070. The second-order valence-electron chi connectivity index (χ2n) is 7.21. The third-order valence-electron chi connectivity index (χ3n) is 4.97. The Morgan fingerprint density at radius 1 is 1.04 bits per heavy atom. The molecule has 2 N–H and O–H groups in total. The van der Waals surface area contributed by atoms with Crippen LogP contribution in [0.15, 0.2) is 53.6 Å². The average Bonchev–Trinajstić information content (AvgIpc) is 3.04. The quantitative estimate of drug-likeness (QED) is 0.724. The monoisotopic (exact) mass is 387 g/mol. The Kier molecular flexibility index (Phi) is 4.53. The number of hydrogen-bond donors (Lipinski definition) is 2. The Hall–Kier alpha value is -2.22. The standard InChI is InChI=1S/C20H22FN3O2S/c1-13-11-24(12-14(2)23-13)27(25,26)17-6-3-15(4-7-17)19-10-22-20-9-16(21)5-8-18(19)20/h3-10,13-14,22-23H,11-12H2,1-2H3/t13-,14-/m0/s1. The molecule has 0 aliphatic carbocycles. The van der Waals surface area contributed by atoms with Crippen molar-refractivity contribution in [1.29, 1.82) is 0 Å². The van der Waals surface area contributed by atoms with Crippen LogP contribution in [0.2, 0.25) is 0 Å². The number of aromatic amines is 1. The van der Waals surface area contributed by atoms with Crippen LogP contribution in [0.3, 0.4) is 0 Å². The molecule has 142 valence electrons. The summed E-state index contributed by atoms with van der Waals surface area (Å²) in [5.74, 6) is -0.295. The molecule has 1 fully saturated rings. The van der Waals surface area contributed by atoms with Crippen LogP contribution < -0.4 is 5.32 Å². The van der Waals surface area contributed by atoms with Crippen molar-refractivity contribution in [3.63, 3.8) is 0 Å². The van der Waals surface area contributed by atoms with E-state index in [4.69, 9.17) is 0 Å². The predicted octanol–water partition coefficient (Wildman–Crippen LogP) is 3.34. The number of aromatic nitrogens is 1. The van der Waals surface area contributed by atoms with Gasteiger partial charge in [-0.05, 0) is 49.7 Å². The Morgan fingerprint density at radius 3 is 2.37 bits per heavy atom. The van der Waals surface area contributed by atoms with E-state index in [0.29, 0.717) is 23.5 Å². The lowest BCUT2D eigenvalue weighted by Gasteiger charge is -2.35. The van der Waals surface area contributed by atoms with Crippen LogP contribution >= 0.6 is 0 Å². The Labute approximate surface area is 158 Å². The van der Waals surface area contributed by atoms with E-state index in [0.717, 1.165) is 16.5 Å². The zero-order valence-corrected chi connectivity index (χ0v) is 16.1. The highest BCUT2D eigenvalue weighted by atomic mass is 32.2. The molecule has 2 atom stereocenters. The van der Waals surface area contributed by atoms with Gasteiger partial charge in [-0.15, -0.1) is 0 Å². The zero-order valence-electron chi connectivity index (χ0n) is 15.2. The van der Waals surface area contributed by atoms with Crippen molar-refractivity contribution in [2.45, 2.75) is 30.8 Å². The first kappa shape index (κ1) is 18.2. The number of piperazine rings is 1. The molecule has 2 aromatic carbocycles. The summed E-state index contributed by atoms with van der Waals surface area (Å²) in [5, 5.41) is 4.24. The Balaban J connectivity index is 1.65. The number of rotatable bonds is 3. The second-order valence-corrected chi connectivity index (χ2v) is 9.15. The molecule has 0 radical (unpaired) electrons. The minimum Gasteiger partial charge on any atom is -0.360 e. The summed E-state index contributed by atoms with van der Waals surface area (Å²) >= 11 is 0. The molecule has 0 amide bonds. The van der Waals surface area contributed by atoms with Gasteiger partial charge in [0.25, 0.3) is 0 Å². The van der Waals surface area contributed by atoms with E-state index in [1.165, 1.54) is 12.1 Å². The van der Waals surface area contributed by atoms with E-state index in [2.05, 4.69) is 10.3 Å². The summed E-state index contributed by atoms with van der Waals surface area (Å²) in [6, 6.07) is 11.7. The maximum atomic E-state index is 13.4. The van der Waals surface area contributed by atoms with Crippen LogP contribution in [0, 0.1) is 5.82 Å². The van der Waals surface area contributed by atoms with E-state index in [1.54, 1.807) is 34.6 Å². The van der Waals surface area contributed by atoms with Crippen LogP contribution in [0.25, 0.3) is 22.0 Å². The number of nitrogens with zero attached hydrogens (tertiary/aromatic N) is 1. The van der Waals surface area contributed by atoms with E-state index in [-0.39, 0.29) is 17.9 Å². The maximum Gasteiger partial charge on any atom is 0.243 e. The van der Waals surface area contributed by atoms with Crippen molar-refractivity contribution < 1.29 is 12.8 Å². The van der Waals surface area contributed by atoms with E-state index in [9.17, 15) is 12.8 Å². The first-order chi connectivity index (χ1) is 12.8. The van der Waals surface area contributed by atoms with E-state index >= 15 is 0 Å². The summed E-state index contributed by atoms with van der Waals surface area (Å²) in [4.78, 5) is 3.35. The summed E-state index contributed by atoms with van der Waals surface area (Å²) < 4.78 is 40.9. The fraction of sp³-hybridized carbons (Fsp3) is 0.300. The molecule has 0 saturated carbocycles. The third kappa shape index (κ3) is 3.38. The van der Waals surface area contributed by atoms with Gasteiger partial charge in [0, 0.05) is 47.8 Å². The van der Waals surface area contributed by atoms with Crippen LogP contribution in [-0.4, -0.2) is 42.9 Å². The largest absolute Gasteiger partial charge is 0.360 e. The van der Waals surface area contributed by atoms with Gasteiger partial charge >= 0.3 is 0 Å². The number of nitrogens with one attached hydrogen (secondary N) is 2. The predicted molar refractivity (Wildman–Crippen MR) is 105 cm³/mol. The van der Waals surface area contributed by atoms with Gasteiger partial charge in [0.05, 0.1) is 4.90 Å². The van der Waals surface area contributed by atoms with Crippen molar-refractivity contribution >= 4 is 20.9 Å². The minimum atomic E-state index is -3.53. The van der Waals surface area contributed by atoms with Gasteiger partial charge in [0.1, 0.15) is 5.82 Å². The summed E-state index contributed by atoms with van der Waals surface area (Å²) in [6.07, 6.45) is 1.81. The van der Waals surface area contributed by atoms with Gasteiger partial charge in [-0.3, -0.25) is 0 Å². The van der Waals surface area contributed by atoms with Gasteiger partial charge < -0.3 is 10.3 Å². The van der Waals surface area contributed by atoms with E-state index in [1.807, 2.05) is 20.0 Å². The summed E-state index contributed by atoms with van der Waals surface area (Å²) in [6.45, 7) is 4.90. The number of hydrogen-bond acceptors (Lipinski definition) is 3. The van der Waals surface area contributed by atoms with Crippen LogP contribution in [0.1, 0.15) is 13.8 Å². The van der Waals surface area contributed by atoms with Crippen molar-refractivity contribution in [2.75, 3.05) is 13.1 Å². The maximum absolute atomic E-state index is 13.4. The number of halogens is 1. The van der Waals surface area contributed by atoms with Gasteiger partial charge in [-0.1, -0.05) is 12.1 Å². The molecule has 4 rings (SSSR count). The first-order valence-corrected chi connectivity index (χ1v) is 10.4. The summed E-state index contributed by atoms with van der Waals surface area (Å²) in [5.41, 5.74) is 2.51. The van der Waals surface area contributed by atoms with E-state index < -0.39 is 10.0 Å². The molecule has 0 bridgehead atoms. The molecular weight excluding hydrogens is 365 g/mol. The molecule has 1 aromatic heterocycles. The van der Waals surface area contributed by atoms with Gasteiger partial charge in [-0.25, -0.2) is 12.8 Å². The number of sulfonamides is 1. The number of H-pyrrole nitrogens is 1. The molecule has 1 aliphatic heterocycles. The van der Waals surface area contributed by atoms with Crippen LogP contribution in [0.5, 0.6) is 0 Å². The normalized spacial score (nSPS) is 21.6. The van der Waals surface area contributed by atoms with Crippen molar-refractivity contribution in [2.24, 2.45) is 0 Å². The summed E-state index contributed by atoms with van der Waals surface area (Å²) in [7, 11) is -3.53. The highest BCUT2D eigenvalue weighted by Crippen LogP contribution is 2.30. The lowest BCUT2D eigenvalue weighted by Crippen LogP contribution is -2.55. The highest BCUT2D eigenvalue weighted by Gasteiger charge is 2.31. The minimum absolute atomic E-state index is 0.120. The second kappa shape index (κ2) is 6.74. The topological polar surface area (TPSA) is 65.2 Å². The van der Waals surface area contributed by atoms with Crippen molar-refractivity contribution in [3.8, 4) is 11.1 Å². The molecule has 0 unspecified atom stereocenters.